The molecule has 3 aromatic rings. The lowest BCUT2D eigenvalue weighted by Crippen LogP contribution is -2.15. The van der Waals surface area contributed by atoms with E-state index in [1.807, 2.05) is 39.0 Å². The van der Waals surface area contributed by atoms with E-state index in [1.54, 1.807) is 12.1 Å². The molecule has 5 heteroatoms. The number of aromatic nitrogens is 1. The van der Waals surface area contributed by atoms with Gasteiger partial charge in [-0.3, -0.25) is 4.79 Å². The van der Waals surface area contributed by atoms with Crippen LogP contribution in [-0.2, 0) is 11.2 Å². The van der Waals surface area contributed by atoms with Crippen LogP contribution in [0.25, 0.3) is 11.0 Å². The molecule has 0 unspecified atom stereocenters. The Hall–Kier alpha value is -2.33. The van der Waals surface area contributed by atoms with Crippen molar-refractivity contribution in [2.45, 2.75) is 27.2 Å². The van der Waals surface area contributed by atoms with Crippen LogP contribution in [0.5, 0.6) is 0 Å². The van der Waals surface area contributed by atoms with Gasteiger partial charge in [0.05, 0.1) is 6.42 Å². The second-order valence-electron chi connectivity index (χ2n) is 5.75. The van der Waals surface area contributed by atoms with Crippen molar-refractivity contribution >= 4 is 34.2 Å². The number of amides is 1. The van der Waals surface area contributed by atoms with Gasteiger partial charge in [-0.05, 0) is 61.7 Å². The van der Waals surface area contributed by atoms with Crippen molar-refractivity contribution in [3.8, 4) is 0 Å². The van der Waals surface area contributed by atoms with Gasteiger partial charge >= 0.3 is 0 Å². The highest BCUT2D eigenvalue weighted by atomic mass is 35.5. The van der Waals surface area contributed by atoms with E-state index >= 15 is 0 Å². The molecular formula is C18H17ClN2O2. The van der Waals surface area contributed by atoms with Gasteiger partial charge < -0.3 is 9.84 Å². The number of carbonyl (C=O) groups excluding carboxylic acids is 1. The second kappa shape index (κ2) is 6.05. The molecule has 1 amide bonds. The van der Waals surface area contributed by atoms with E-state index in [2.05, 4.69) is 10.5 Å². The molecular weight excluding hydrogens is 312 g/mol. The van der Waals surface area contributed by atoms with Crippen LogP contribution in [0.15, 0.2) is 34.9 Å². The third-order valence-electron chi connectivity index (χ3n) is 3.96. The maximum Gasteiger partial charge on any atom is 0.230 e. The Morgan fingerprint density at radius 2 is 1.87 bits per heavy atom. The summed E-state index contributed by atoms with van der Waals surface area (Å²) in [6, 6.07) is 9.36. The van der Waals surface area contributed by atoms with E-state index in [1.165, 1.54) is 0 Å². The van der Waals surface area contributed by atoms with Crippen molar-refractivity contribution in [2.24, 2.45) is 0 Å². The number of fused-ring (bicyclic) bond motifs is 1. The highest BCUT2D eigenvalue weighted by Crippen LogP contribution is 2.24. The van der Waals surface area contributed by atoms with Crippen LogP contribution in [0.3, 0.4) is 0 Å². The number of benzene rings is 2. The summed E-state index contributed by atoms with van der Waals surface area (Å²) in [5.74, 6) is -0.149. The number of hydrogen-bond acceptors (Lipinski definition) is 3. The predicted octanol–water partition coefficient (Wildman–Crippen LogP) is 4.59. The molecule has 118 valence electrons. The molecule has 0 bridgehead atoms. The summed E-state index contributed by atoms with van der Waals surface area (Å²) in [5, 5.41) is 8.38. The van der Waals surface area contributed by atoms with Gasteiger partial charge in [-0.2, -0.15) is 0 Å². The van der Waals surface area contributed by atoms with Crippen LogP contribution in [0.2, 0.25) is 5.02 Å². The molecule has 2 aromatic carbocycles. The van der Waals surface area contributed by atoms with Crippen molar-refractivity contribution in [3.63, 3.8) is 0 Å². The van der Waals surface area contributed by atoms with Crippen molar-refractivity contribution in [2.75, 3.05) is 5.32 Å². The van der Waals surface area contributed by atoms with Crippen molar-refractivity contribution in [1.82, 2.24) is 5.16 Å². The number of halogens is 1. The third-order valence-corrected chi connectivity index (χ3v) is 4.20. The molecule has 0 saturated heterocycles. The fourth-order valence-corrected chi connectivity index (χ4v) is 2.62. The number of nitrogens with zero attached hydrogens (tertiary/aromatic N) is 1. The zero-order chi connectivity index (χ0) is 16.6. The summed E-state index contributed by atoms with van der Waals surface area (Å²) < 4.78 is 5.33. The Morgan fingerprint density at radius 3 is 2.65 bits per heavy atom. The smallest absolute Gasteiger partial charge is 0.230 e. The van der Waals surface area contributed by atoms with Gasteiger partial charge in [0, 0.05) is 16.1 Å². The Bertz CT molecular complexity index is 899. The second-order valence-corrected chi connectivity index (χ2v) is 6.18. The Morgan fingerprint density at radius 1 is 1.13 bits per heavy atom. The quantitative estimate of drug-likeness (QED) is 0.765. The highest BCUT2D eigenvalue weighted by Gasteiger charge is 2.14. The first kappa shape index (κ1) is 15.6. The van der Waals surface area contributed by atoms with Crippen molar-refractivity contribution < 1.29 is 9.32 Å². The molecule has 0 aliphatic carbocycles. The van der Waals surface area contributed by atoms with Gasteiger partial charge in [-0.25, -0.2) is 0 Å². The maximum absolute atomic E-state index is 12.3. The van der Waals surface area contributed by atoms with Gasteiger partial charge in [0.15, 0.2) is 5.58 Å². The molecule has 4 nitrogen and oxygen atoms in total. The standard InChI is InChI=1S/C18H17ClN2O2/c1-10-4-5-13(19)8-15(10)20-18(22)9-16-14-6-11(2)12(3)7-17(14)23-21-16/h4-8H,9H2,1-3H3,(H,20,22). The van der Waals surface area contributed by atoms with E-state index in [9.17, 15) is 4.79 Å². The van der Waals surface area contributed by atoms with E-state index in [0.29, 0.717) is 22.0 Å². The zero-order valence-corrected chi connectivity index (χ0v) is 14.0. The Kier molecular flexibility index (Phi) is 4.09. The number of rotatable bonds is 3. The van der Waals surface area contributed by atoms with Gasteiger partial charge in [-0.1, -0.05) is 22.8 Å². The van der Waals surface area contributed by atoms with Crippen LogP contribution < -0.4 is 5.32 Å². The normalized spacial score (nSPS) is 11.0. The van der Waals surface area contributed by atoms with E-state index in [4.69, 9.17) is 16.1 Å². The molecule has 0 radical (unpaired) electrons. The molecule has 0 saturated carbocycles. The number of aryl methyl sites for hydroxylation is 3. The topological polar surface area (TPSA) is 55.1 Å². The monoisotopic (exact) mass is 328 g/mol. The SMILES string of the molecule is Cc1cc2onc(CC(=O)Nc3cc(Cl)ccc3C)c2cc1C. The van der Waals surface area contributed by atoms with Gasteiger partial charge in [-0.15, -0.1) is 0 Å². The molecule has 23 heavy (non-hydrogen) atoms. The third kappa shape index (κ3) is 3.22. The van der Waals surface area contributed by atoms with Crippen LogP contribution in [0.4, 0.5) is 5.69 Å². The Labute approximate surface area is 139 Å². The fraction of sp³-hybridized carbons (Fsp3) is 0.222. The first-order chi connectivity index (χ1) is 10.9. The van der Waals surface area contributed by atoms with E-state index < -0.39 is 0 Å². The highest BCUT2D eigenvalue weighted by molar-refractivity contribution is 6.31. The van der Waals surface area contributed by atoms with Gasteiger partial charge in [0.25, 0.3) is 0 Å². The fourth-order valence-electron chi connectivity index (χ4n) is 2.45. The van der Waals surface area contributed by atoms with Gasteiger partial charge in [0.1, 0.15) is 5.69 Å². The minimum atomic E-state index is -0.149. The summed E-state index contributed by atoms with van der Waals surface area (Å²) in [6.45, 7) is 5.97. The molecule has 0 aliphatic heterocycles. The molecule has 1 aromatic heterocycles. The number of nitrogens with one attached hydrogen (secondary N) is 1. The average Bonchev–Trinajstić information content (AvgIpc) is 2.85. The lowest BCUT2D eigenvalue weighted by Gasteiger charge is -2.08. The van der Waals surface area contributed by atoms with Crippen LogP contribution in [0, 0.1) is 20.8 Å². The molecule has 0 aliphatic rings. The van der Waals surface area contributed by atoms with Crippen molar-refractivity contribution in [3.05, 3.63) is 57.7 Å². The lowest BCUT2D eigenvalue weighted by atomic mass is 10.1. The molecule has 0 fully saturated rings. The van der Waals surface area contributed by atoms with E-state index in [0.717, 1.165) is 22.1 Å². The molecule has 0 spiro atoms. The largest absolute Gasteiger partial charge is 0.356 e. The van der Waals surface area contributed by atoms with E-state index in [-0.39, 0.29) is 12.3 Å². The number of hydrogen-bond donors (Lipinski definition) is 1. The first-order valence-electron chi connectivity index (χ1n) is 7.35. The average molecular weight is 329 g/mol. The summed E-state index contributed by atoms with van der Waals surface area (Å²) in [5.41, 5.74) is 5.30. The predicted molar refractivity (Wildman–Crippen MR) is 92.0 cm³/mol. The zero-order valence-electron chi connectivity index (χ0n) is 13.2. The summed E-state index contributed by atoms with van der Waals surface area (Å²) in [4.78, 5) is 12.3. The van der Waals surface area contributed by atoms with Crippen molar-refractivity contribution in [1.29, 1.82) is 0 Å². The Balaban J connectivity index is 1.83. The van der Waals surface area contributed by atoms with Crippen LogP contribution in [0.1, 0.15) is 22.4 Å². The van der Waals surface area contributed by atoms with Crippen LogP contribution in [-0.4, -0.2) is 11.1 Å². The molecule has 0 atom stereocenters. The summed E-state index contributed by atoms with van der Waals surface area (Å²) >= 11 is 5.97. The maximum atomic E-state index is 12.3. The molecule has 3 rings (SSSR count). The molecule has 1 heterocycles. The lowest BCUT2D eigenvalue weighted by molar-refractivity contribution is -0.115. The van der Waals surface area contributed by atoms with Crippen LogP contribution >= 0.6 is 11.6 Å². The summed E-state index contributed by atoms with van der Waals surface area (Å²) in [7, 11) is 0. The first-order valence-corrected chi connectivity index (χ1v) is 7.73. The number of anilines is 1. The molecule has 1 N–H and O–H groups in total. The minimum Gasteiger partial charge on any atom is -0.356 e. The number of carbonyl (C=O) groups is 1. The minimum absolute atomic E-state index is 0.149. The van der Waals surface area contributed by atoms with Gasteiger partial charge in [0.2, 0.25) is 5.91 Å². The summed E-state index contributed by atoms with van der Waals surface area (Å²) in [6.07, 6.45) is 0.154.